The fourth-order valence-corrected chi connectivity index (χ4v) is 6.40. The largest absolute Gasteiger partial charge is 0.394 e. The van der Waals surface area contributed by atoms with Gasteiger partial charge in [-0.2, -0.15) is 0 Å². The summed E-state index contributed by atoms with van der Waals surface area (Å²) < 4.78 is 22.4. The molecule has 300 valence electrons. The Hall–Kier alpha value is -1.27. The van der Waals surface area contributed by atoms with Crippen molar-refractivity contribution in [3.8, 4) is 0 Å². The predicted molar refractivity (Wildman–Crippen MR) is 189 cm³/mol. The molecule has 0 aliphatic carbocycles. The molecule has 2 saturated heterocycles. The average molecular weight is 736 g/mol. The van der Waals surface area contributed by atoms with Gasteiger partial charge < -0.3 is 65.1 Å². The number of hydrogen-bond acceptors (Lipinski definition) is 13. The van der Waals surface area contributed by atoms with Crippen molar-refractivity contribution in [2.45, 2.75) is 197 Å². The maximum Gasteiger partial charge on any atom is 0.220 e. The van der Waals surface area contributed by atoms with E-state index in [1.54, 1.807) is 6.08 Å². The molecule has 0 aromatic rings. The van der Waals surface area contributed by atoms with Gasteiger partial charge in [-0.05, 0) is 19.3 Å². The Morgan fingerprint density at radius 3 is 1.80 bits per heavy atom. The van der Waals surface area contributed by atoms with Crippen LogP contribution in [0, 0.1) is 0 Å². The molecule has 0 aromatic heterocycles. The van der Waals surface area contributed by atoms with Crippen molar-refractivity contribution in [1.82, 2.24) is 5.32 Å². The highest BCUT2D eigenvalue weighted by Gasteiger charge is 2.50. The number of carbonyl (C=O) groups excluding carboxylic acids is 1. The fraction of sp³-hybridized carbons (Fsp3) is 0.919. The number of nitrogens with one attached hydrogen (secondary N) is 1. The van der Waals surface area contributed by atoms with E-state index in [9.17, 15) is 45.6 Å². The number of unbranched alkanes of at least 4 members (excludes halogenated alkanes) is 14. The number of hydrogen-bond donors (Lipinski definition) is 9. The minimum atomic E-state index is -1.78. The maximum absolute atomic E-state index is 12.8. The quantitative estimate of drug-likeness (QED) is 0.0433. The number of allylic oxidation sites excluding steroid dienone is 1. The monoisotopic (exact) mass is 735 g/mol. The predicted octanol–water partition coefficient (Wildman–Crippen LogP) is 1.70. The van der Waals surface area contributed by atoms with Crippen LogP contribution in [0.1, 0.15) is 123 Å². The second-order valence-corrected chi connectivity index (χ2v) is 14.1. The first-order valence-electron chi connectivity index (χ1n) is 19.4. The van der Waals surface area contributed by atoms with Crippen LogP contribution in [-0.2, 0) is 23.7 Å². The van der Waals surface area contributed by atoms with Gasteiger partial charge in [-0.15, -0.1) is 0 Å². The number of aliphatic hydroxyl groups is 8. The van der Waals surface area contributed by atoms with Gasteiger partial charge in [0.15, 0.2) is 12.6 Å². The fourth-order valence-electron chi connectivity index (χ4n) is 6.40. The lowest BCUT2D eigenvalue weighted by atomic mass is 9.97. The van der Waals surface area contributed by atoms with E-state index in [4.69, 9.17) is 18.9 Å². The summed E-state index contributed by atoms with van der Waals surface area (Å²) in [6, 6.07) is -0.902. The highest BCUT2D eigenvalue weighted by atomic mass is 16.7. The van der Waals surface area contributed by atoms with Gasteiger partial charge in [0.1, 0.15) is 48.8 Å². The van der Waals surface area contributed by atoms with Crippen molar-refractivity contribution in [2.75, 3.05) is 19.8 Å². The molecule has 2 heterocycles. The van der Waals surface area contributed by atoms with Crippen molar-refractivity contribution in [3.05, 3.63) is 12.2 Å². The van der Waals surface area contributed by atoms with Crippen molar-refractivity contribution in [3.63, 3.8) is 0 Å². The molecule has 14 heteroatoms. The lowest BCUT2D eigenvalue weighted by Crippen LogP contribution is -2.65. The zero-order valence-electron chi connectivity index (χ0n) is 30.8. The first-order valence-corrected chi connectivity index (χ1v) is 19.4. The van der Waals surface area contributed by atoms with E-state index in [2.05, 4.69) is 19.2 Å². The summed E-state index contributed by atoms with van der Waals surface area (Å²) in [6.07, 6.45) is 4.87. The van der Waals surface area contributed by atoms with E-state index in [0.29, 0.717) is 6.42 Å². The molecule has 0 spiro atoms. The summed E-state index contributed by atoms with van der Waals surface area (Å²) in [5.41, 5.74) is 0. The van der Waals surface area contributed by atoms with Crippen LogP contribution in [0.2, 0.25) is 0 Å². The van der Waals surface area contributed by atoms with Gasteiger partial charge in [0.05, 0.1) is 32.0 Å². The molecule has 2 aliphatic heterocycles. The Labute approximate surface area is 304 Å². The van der Waals surface area contributed by atoms with Gasteiger partial charge in [0.25, 0.3) is 0 Å². The molecule has 0 aromatic carbocycles. The number of carbonyl (C=O) groups is 1. The van der Waals surface area contributed by atoms with Crippen LogP contribution >= 0.6 is 0 Å². The Bertz CT molecular complexity index is 925. The summed E-state index contributed by atoms with van der Waals surface area (Å²) in [5, 5.41) is 85.7. The third-order valence-electron chi connectivity index (χ3n) is 9.72. The molecule has 12 unspecified atom stereocenters. The van der Waals surface area contributed by atoms with Gasteiger partial charge in [-0.3, -0.25) is 4.79 Å². The first kappa shape index (κ1) is 45.9. The number of ether oxygens (including phenoxy) is 4. The van der Waals surface area contributed by atoms with Crippen LogP contribution in [0.4, 0.5) is 0 Å². The Morgan fingerprint density at radius 1 is 0.686 bits per heavy atom. The van der Waals surface area contributed by atoms with E-state index in [-0.39, 0.29) is 18.9 Å². The molecule has 0 radical (unpaired) electrons. The van der Waals surface area contributed by atoms with Crippen LogP contribution in [0.25, 0.3) is 0 Å². The highest BCUT2D eigenvalue weighted by molar-refractivity contribution is 5.76. The maximum atomic E-state index is 12.8. The molecule has 9 N–H and O–H groups in total. The zero-order chi connectivity index (χ0) is 37.6. The van der Waals surface area contributed by atoms with Crippen LogP contribution < -0.4 is 5.32 Å². The van der Waals surface area contributed by atoms with Gasteiger partial charge in [0.2, 0.25) is 5.91 Å². The van der Waals surface area contributed by atoms with Crippen molar-refractivity contribution in [2.24, 2.45) is 0 Å². The molecule has 51 heavy (non-hydrogen) atoms. The minimum absolute atomic E-state index is 0.260. The normalized spacial score (nSPS) is 31.2. The van der Waals surface area contributed by atoms with Crippen LogP contribution in [-0.4, -0.2) is 140 Å². The Kier molecular flexibility index (Phi) is 23.8. The third-order valence-corrected chi connectivity index (χ3v) is 9.72. The lowest BCUT2D eigenvalue weighted by Gasteiger charge is -2.46. The van der Waals surface area contributed by atoms with E-state index in [1.807, 2.05) is 6.08 Å². The van der Waals surface area contributed by atoms with E-state index < -0.39 is 86.8 Å². The molecule has 1 amide bonds. The van der Waals surface area contributed by atoms with Crippen LogP contribution in [0.3, 0.4) is 0 Å². The molecule has 14 nitrogen and oxygen atoms in total. The molecule has 2 rings (SSSR count). The lowest BCUT2D eigenvalue weighted by molar-refractivity contribution is -0.359. The molecule has 2 fully saturated rings. The second-order valence-electron chi connectivity index (χ2n) is 14.1. The molecule has 12 atom stereocenters. The number of rotatable bonds is 27. The number of amides is 1. The van der Waals surface area contributed by atoms with Gasteiger partial charge in [-0.25, -0.2) is 0 Å². The van der Waals surface area contributed by atoms with Crippen LogP contribution in [0.5, 0.6) is 0 Å². The molecule has 0 bridgehead atoms. The summed E-state index contributed by atoms with van der Waals surface area (Å²) in [7, 11) is 0. The van der Waals surface area contributed by atoms with E-state index >= 15 is 0 Å². The second kappa shape index (κ2) is 26.5. The van der Waals surface area contributed by atoms with Crippen molar-refractivity contribution in [1.29, 1.82) is 0 Å². The average Bonchev–Trinajstić information content (AvgIpc) is 3.12. The molecule has 2 aliphatic rings. The van der Waals surface area contributed by atoms with E-state index in [0.717, 1.165) is 38.5 Å². The smallest absolute Gasteiger partial charge is 0.220 e. The molecule has 0 saturated carbocycles. The Balaban J connectivity index is 1.93. The van der Waals surface area contributed by atoms with Crippen LogP contribution in [0.15, 0.2) is 12.2 Å². The van der Waals surface area contributed by atoms with E-state index in [1.165, 1.54) is 57.8 Å². The van der Waals surface area contributed by atoms with Crippen molar-refractivity contribution < 1.29 is 64.6 Å². The van der Waals surface area contributed by atoms with Gasteiger partial charge in [0, 0.05) is 6.42 Å². The zero-order valence-corrected chi connectivity index (χ0v) is 30.8. The van der Waals surface area contributed by atoms with Gasteiger partial charge >= 0.3 is 0 Å². The third kappa shape index (κ3) is 16.3. The summed E-state index contributed by atoms with van der Waals surface area (Å²) in [6.45, 7) is 2.60. The van der Waals surface area contributed by atoms with Crippen molar-refractivity contribution >= 4 is 5.91 Å². The summed E-state index contributed by atoms with van der Waals surface area (Å²) in [4.78, 5) is 12.8. The number of aliphatic hydroxyl groups excluding tert-OH is 8. The minimum Gasteiger partial charge on any atom is -0.394 e. The molecular formula is C37H69NO13. The van der Waals surface area contributed by atoms with Gasteiger partial charge in [-0.1, -0.05) is 109 Å². The standard InChI is InChI=1S/C37H69NO13/c1-3-5-7-9-10-11-12-13-14-15-16-17-18-20-26(41)25(38-29(42)21-19-8-6-4-2)24-48-36-34(47)32(45)35(28(23-40)50-36)51-37-33(46)31(44)30(43)27(22-39)49-37/h18,20,25-28,30-37,39-41,43-47H,3-17,19,21-24H2,1-2H3,(H,38,42)/b20-18+. The SMILES string of the molecule is CCCCCCCCCCCCC/C=C/C(O)C(COC1OC(CO)C(OC2OC(CO)C(O)C(O)C2O)C(O)C1O)NC(=O)CCCCCC. The summed E-state index contributed by atoms with van der Waals surface area (Å²) in [5.74, 6) is -0.260. The topological polar surface area (TPSA) is 228 Å². The Morgan fingerprint density at radius 2 is 1.22 bits per heavy atom. The first-order chi connectivity index (χ1) is 24.6. The summed E-state index contributed by atoms with van der Waals surface area (Å²) >= 11 is 0. The molecular weight excluding hydrogens is 666 g/mol. The highest BCUT2D eigenvalue weighted by Crippen LogP contribution is 2.29.